The number of allylic oxidation sites excluding steroid dienone is 3. The van der Waals surface area contributed by atoms with Crippen molar-refractivity contribution in [2.45, 2.75) is 44.5 Å². The Bertz CT molecular complexity index is 1060. The van der Waals surface area contributed by atoms with E-state index in [1.807, 2.05) is 6.92 Å². The van der Waals surface area contributed by atoms with Crippen molar-refractivity contribution in [3.63, 3.8) is 0 Å². The zero-order chi connectivity index (χ0) is 23.3. The summed E-state index contributed by atoms with van der Waals surface area (Å²) in [6, 6.07) is -0.105. The number of anilines is 1. The van der Waals surface area contributed by atoms with Gasteiger partial charge in [0, 0.05) is 17.7 Å². The van der Waals surface area contributed by atoms with E-state index in [1.54, 1.807) is 12.3 Å². The van der Waals surface area contributed by atoms with E-state index in [4.69, 9.17) is 4.74 Å². The highest BCUT2D eigenvalue weighted by molar-refractivity contribution is 5.92. The summed E-state index contributed by atoms with van der Waals surface area (Å²) in [5.41, 5.74) is 0.899. The van der Waals surface area contributed by atoms with Crippen LogP contribution in [0.25, 0.3) is 0 Å². The molecule has 0 radical (unpaired) electrons. The van der Waals surface area contributed by atoms with E-state index in [-0.39, 0.29) is 41.4 Å². The van der Waals surface area contributed by atoms with Gasteiger partial charge in [0.05, 0.1) is 30.2 Å². The number of halogens is 4. The van der Waals surface area contributed by atoms with E-state index in [0.29, 0.717) is 24.0 Å². The predicted octanol–water partition coefficient (Wildman–Crippen LogP) is 4.63. The number of dihydropyridines is 1. The van der Waals surface area contributed by atoms with Gasteiger partial charge in [-0.05, 0) is 55.2 Å². The molecule has 1 N–H and O–H groups in total. The van der Waals surface area contributed by atoms with Gasteiger partial charge in [-0.3, -0.25) is 9.79 Å². The molecule has 1 amide bonds. The van der Waals surface area contributed by atoms with Crippen LogP contribution < -0.4 is 5.32 Å². The molecule has 1 aliphatic heterocycles. The first-order valence-electron chi connectivity index (χ1n) is 10.9. The topological polar surface area (TPSA) is 76.5 Å². The second-order valence-corrected chi connectivity index (χ2v) is 8.96. The largest absolute Gasteiger partial charge is 0.490 e. The highest BCUT2D eigenvalue weighted by Crippen LogP contribution is 2.61. The Labute approximate surface area is 187 Å². The Morgan fingerprint density at radius 2 is 1.91 bits per heavy atom. The van der Waals surface area contributed by atoms with Crippen LogP contribution >= 0.6 is 0 Å². The number of carbonyl (C=O) groups excluding carboxylic acids is 1. The molecule has 2 unspecified atom stereocenters. The molecule has 174 valence electrons. The van der Waals surface area contributed by atoms with Crippen LogP contribution in [0, 0.1) is 23.7 Å². The Kier molecular flexibility index (Phi) is 5.33. The average molecular weight is 462 g/mol. The number of fused-ring (bicyclic) bond motifs is 2. The Balaban J connectivity index is 1.14. The minimum absolute atomic E-state index is 0.00286. The van der Waals surface area contributed by atoms with Crippen molar-refractivity contribution in [2.24, 2.45) is 28.7 Å². The summed E-state index contributed by atoms with van der Waals surface area (Å²) in [6.07, 6.45) is 5.90. The standard InChI is InChI=1S/C23H22F4N4O2/c1-11(21(32)31-13-9-29-22(30-10-13)23(25,26)27)20-15-7-14(8-16(15)20)33-19-4-5-28-18-3-2-12(24)6-17(18)19/h2,4-6,9-11,14-16,18,20H,3,7-8H2,1H3,(H,31,32)/t11?,14-,15-,16+,18?,20-. The van der Waals surface area contributed by atoms with Crippen molar-refractivity contribution in [2.75, 3.05) is 5.32 Å². The van der Waals surface area contributed by atoms with Crippen LogP contribution in [0.3, 0.4) is 0 Å². The smallest absolute Gasteiger partial charge is 0.451 e. The molecule has 2 heterocycles. The zero-order valence-electron chi connectivity index (χ0n) is 17.7. The van der Waals surface area contributed by atoms with Gasteiger partial charge < -0.3 is 10.1 Å². The van der Waals surface area contributed by atoms with E-state index in [1.165, 1.54) is 12.2 Å². The molecule has 0 spiro atoms. The molecule has 4 aliphatic rings. The third-order valence-corrected chi connectivity index (χ3v) is 6.89. The normalized spacial score (nSPS) is 30.9. The van der Waals surface area contributed by atoms with Crippen LogP contribution in [-0.4, -0.2) is 34.2 Å². The Hall–Kier alpha value is -3.04. The molecular weight excluding hydrogens is 440 g/mol. The summed E-state index contributed by atoms with van der Waals surface area (Å²) in [4.78, 5) is 23.5. The lowest BCUT2D eigenvalue weighted by Crippen LogP contribution is -2.26. The number of hydrogen-bond donors (Lipinski definition) is 1. The van der Waals surface area contributed by atoms with Gasteiger partial charge in [0.15, 0.2) is 0 Å². The van der Waals surface area contributed by atoms with E-state index < -0.39 is 12.0 Å². The molecule has 33 heavy (non-hydrogen) atoms. The summed E-state index contributed by atoms with van der Waals surface area (Å²) >= 11 is 0. The summed E-state index contributed by atoms with van der Waals surface area (Å²) in [6.45, 7) is 1.83. The van der Waals surface area contributed by atoms with E-state index in [9.17, 15) is 22.4 Å². The Morgan fingerprint density at radius 1 is 1.21 bits per heavy atom. The summed E-state index contributed by atoms with van der Waals surface area (Å²) in [5.74, 6) is -0.521. The highest BCUT2D eigenvalue weighted by Gasteiger charge is 2.59. The molecule has 10 heteroatoms. The summed E-state index contributed by atoms with van der Waals surface area (Å²) in [5, 5.41) is 2.61. The van der Waals surface area contributed by atoms with Gasteiger partial charge in [0.1, 0.15) is 11.6 Å². The summed E-state index contributed by atoms with van der Waals surface area (Å²) < 4.78 is 57.6. The molecule has 0 aromatic carbocycles. The molecule has 6 nitrogen and oxygen atoms in total. The van der Waals surface area contributed by atoms with Crippen molar-refractivity contribution in [3.05, 3.63) is 53.6 Å². The lowest BCUT2D eigenvalue weighted by Gasteiger charge is -2.27. The van der Waals surface area contributed by atoms with E-state index in [2.05, 4.69) is 20.3 Å². The molecule has 0 saturated heterocycles. The van der Waals surface area contributed by atoms with Crippen LogP contribution in [0.1, 0.15) is 32.0 Å². The predicted molar refractivity (Wildman–Crippen MR) is 112 cm³/mol. The first-order valence-corrected chi connectivity index (χ1v) is 10.9. The third-order valence-electron chi connectivity index (χ3n) is 6.89. The number of hydrogen-bond acceptors (Lipinski definition) is 5. The Morgan fingerprint density at radius 3 is 2.58 bits per heavy atom. The van der Waals surface area contributed by atoms with Crippen molar-refractivity contribution in [3.8, 4) is 0 Å². The van der Waals surface area contributed by atoms with Crippen LogP contribution in [0.15, 0.2) is 52.8 Å². The van der Waals surface area contributed by atoms with Crippen molar-refractivity contribution >= 4 is 17.8 Å². The monoisotopic (exact) mass is 462 g/mol. The number of amides is 1. The van der Waals surface area contributed by atoms with Crippen molar-refractivity contribution < 1.29 is 27.1 Å². The maximum absolute atomic E-state index is 13.7. The molecule has 1 aromatic heterocycles. The number of ether oxygens (including phenoxy) is 1. The molecule has 1 aromatic rings. The molecule has 2 saturated carbocycles. The number of aromatic nitrogens is 2. The van der Waals surface area contributed by atoms with Crippen LogP contribution in [0.4, 0.5) is 23.2 Å². The van der Waals surface area contributed by atoms with Crippen molar-refractivity contribution in [1.82, 2.24) is 9.97 Å². The van der Waals surface area contributed by atoms with Gasteiger partial charge in [-0.25, -0.2) is 14.4 Å². The minimum Gasteiger partial charge on any atom is -0.490 e. The lowest BCUT2D eigenvalue weighted by atomic mass is 9.94. The molecular formula is C23H22F4N4O2. The van der Waals surface area contributed by atoms with Crippen LogP contribution in [-0.2, 0) is 15.7 Å². The minimum atomic E-state index is -4.63. The van der Waals surface area contributed by atoms with Crippen LogP contribution in [0.5, 0.6) is 0 Å². The number of alkyl halides is 3. The van der Waals surface area contributed by atoms with Gasteiger partial charge in [0.2, 0.25) is 11.7 Å². The second kappa shape index (κ2) is 8.07. The third kappa shape index (κ3) is 4.30. The van der Waals surface area contributed by atoms with Gasteiger partial charge >= 0.3 is 6.18 Å². The zero-order valence-corrected chi connectivity index (χ0v) is 17.7. The maximum atomic E-state index is 13.7. The molecule has 3 aliphatic carbocycles. The maximum Gasteiger partial charge on any atom is 0.451 e. The van der Waals surface area contributed by atoms with Gasteiger partial charge in [-0.2, -0.15) is 13.2 Å². The number of rotatable bonds is 5. The number of nitrogens with one attached hydrogen (secondary N) is 1. The highest BCUT2D eigenvalue weighted by atomic mass is 19.4. The number of carbonyl (C=O) groups is 1. The van der Waals surface area contributed by atoms with E-state index in [0.717, 1.165) is 30.8 Å². The van der Waals surface area contributed by atoms with E-state index >= 15 is 0 Å². The van der Waals surface area contributed by atoms with Gasteiger partial charge in [-0.15, -0.1) is 0 Å². The molecule has 2 fully saturated rings. The van der Waals surface area contributed by atoms with Gasteiger partial charge in [0.25, 0.3) is 0 Å². The fourth-order valence-corrected chi connectivity index (χ4v) is 5.28. The first kappa shape index (κ1) is 21.8. The first-order chi connectivity index (χ1) is 15.7. The lowest BCUT2D eigenvalue weighted by molar-refractivity contribution is -0.144. The van der Waals surface area contributed by atoms with Gasteiger partial charge in [-0.1, -0.05) is 6.92 Å². The molecule has 0 bridgehead atoms. The fraction of sp³-hybridized carbons (Fsp3) is 0.478. The second-order valence-electron chi connectivity index (χ2n) is 8.96. The SMILES string of the molecule is CC(C(=O)Nc1cnc(C(F)(F)F)nc1)[C@@H]1[C@@H]2C[C@@H](OC3=CC=NC4CC=C(F)C=C34)C[C@@H]21. The number of aliphatic imine (C=N–C) groups is 1. The quantitative estimate of drug-likeness (QED) is 0.648. The average Bonchev–Trinajstić information content (AvgIpc) is 3.27. The van der Waals surface area contributed by atoms with Crippen LogP contribution in [0.2, 0.25) is 0 Å². The number of nitrogens with zero attached hydrogens (tertiary/aromatic N) is 3. The van der Waals surface area contributed by atoms with Crippen molar-refractivity contribution in [1.29, 1.82) is 0 Å². The molecule has 5 rings (SSSR count). The molecule has 6 atom stereocenters. The summed E-state index contributed by atoms with van der Waals surface area (Å²) in [7, 11) is 0. The fourth-order valence-electron chi connectivity index (χ4n) is 5.28.